The van der Waals surface area contributed by atoms with Crippen molar-refractivity contribution >= 4 is 46.9 Å². The number of para-hydroxylation sites is 2. The van der Waals surface area contributed by atoms with E-state index in [1.807, 2.05) is 89.5 Å². The minimum atomic E-state index is -0.280. The van der Waals surface area contributed by atoms with Crippen LogP contribution < -0.4 is 15.4 Å². The highest BCUT2D eigenvalue weighted by Gasteiger charge is 2.17. The van der Waals surface area contributed by atoms with Crippen molar-refractivity contribution in [3.8, 4) is 11.4 Å². The molecule has 0 aliphatic rings. The first kappa shape index (κ1) is 54.0. The number of aryl methyl sites for hydroxylation is 3. The van der Waals surface area contributed by atoms with Crippen molar-refractivity contribution < 1.29 is 23.1 Å². The van der Waals surface area contributed by atoms with E-state index in [9.17, 15) is 18.4 Å². The van der Waals surface area contributed by atoms with Crippen molar-refractivity contribution in [3.05, 3.63) is 214 Å². The second-order valence-electron chi connectivity index (χ2n) is 17.1. The maximum Gasteiger partial charge on any atom is 0.220 e. The number of hydrogen-bond acceptors (Lipinski definition) is 9. The van der Waals surface area contributed by atoms with Crippen LogP contribution >= 0.6 is 35.1 Å². The van der Waals surface area contributed by atoms with Crippen LogP contribution in [0.15, 0.2) is 168 Å². The number of nitrogens with one attached hydrogen (secondary N) is 2. The molecule has 0 saturated carbocycles. The van der Waals surface area contributed by atoms with Crippen molar-refractivity contribution in [2.45, 2.75) is 99.2 Å². The van der Waals surface area contributed by atoms with Crippen LogP contribution in [0.1, 0.15) is 78.0 Å². The van der Waals surface area contributed by atoms with Gasteiger partial charge in [-0.2, -0.15) is 0 Å². The number of amides is 2. The fraction of sp³-hybridized carbons (Fsp3) is 0.263. The average molecular weight is 1040 g/mol. The third-order valence-electron chi connectivity index (χ3n) is 11.7. The van der Waals surface area contributed by atoms with Gasteiger partial charge in [0, 0.05) is 73.1 Å². The number of hydrogen-bond donors (Lipinski definition) is 2. The van der Waals surface area contributed by atoms with Crippen LogP contribution in [0, 0.1) is 11.6 Å². The van der Waals surface area contributed by atoms with Gasteiger partial charge in [-0.05, 0) is 103 Å². The SMILES string of the molecule is COc1ccccc1CNC(=O)CCCCc1nnc(SCc2ccccc2F)n1-c1ccccc1.O=C(CCCCc1nnc(SCc2cccc(Cl)c2)n1CCc1ccccc1)NCc1ccc(F)cc1. The molecule has 6 aromatic carbocycles. The second-order valence-corrected chi connectivity index (χ2v) is 19.4. The molecule has 8 aromatic rings. The molecule has 2 heterocycles. The lowest BCUT2D eigenvalue weighted by atomic mass is 10.1. The summed E-state index contributed by atoms with van der Waals surface area (Å²) in [6, 6.07) is 48.8. The van der Waals surface area contributed by atoms with Crippen LogP contribution in [0.25, 0.3) is 5.69 Å². The van der Waals surface area contributed by atoms with Crippen molar-refractivity contribution in [1.82, 2.24) is 40.2 Å². The first-order valence-electron chi connectivity index (χ1n) is 24.3. The molecule has 2 amide bonds. The summed E-state index contributed by atoms with van der Waals surface area (Å²) >= 11 is 9.26. The van der Waals surface area contributed by atoms with Gasteiger partial charge in [0.1, 0.15) is 29.0 Å². The molecule has 0 unspecified atom stereocenters. The first-order chi connectivity index (χ1) is 35.7. The van der Waals surface area contributed by atoms with Gasteiger partial charge in [0.05, 0.1) is 7.11 Å². The highest BCUT2D eigenvalue weighted by molar-refractivity contribution is 7.98. The lowest BCUT2D eigenvalue weighted by Gasteiger charge is -2.11. The van der Waals surface area contributed by atoms with Crippen LogP contribution in [0.2, 0.25) is 5.02 Å². The van der Waals surface area contributed by atoms with Crippen molar-refractivity contribution in [2.24, 2.45) is 0 Å². The van der Waals surface area contributed by atoms with E-state index < -0.39 is 0 Å². The third kappa shape index (κ3) is 17.4. The lowest BCUT2D eigenvalue weighted by molar-refractivity contribution is -0.122. The number of benzene rings is 6. The van der Waals surface area contributed by atoms with Gasteiger partial charge in [-0.15, -0.1) is 20.4 Å². The Bertz CT molecular complexity index is 2960. The summed E-state index contributed by atoms with van der Waals surface area (Å²) in [5.41, 5.74) is 5.83. The minimum absolute atomic E-state index is 0.00608. The monoisotopic (exact) mass is 1040 g/mol. The zero-order chi connectivity index (χ0) is 51.0. The molecule has 11 nitrogen and oxygen atoms in total. The molecule has 0 radical (unpaired) electrons. The largest absolute Gasteiger partial charge is 0.496 e. The topological polar surface area (TPSA) is 129 Å². The Kier molecular flexibility index (Phi) is 21.5. The summed E-state index contributed by atoms with van der Waals surface area (Å²) in [7, 11) is 1.62. The van der Waals surface area contributed by atoms with Crippen molar-refractivity contribution in [2.75, 3.05) is 7.11 Å². The zero-order valence-corrected chi connectivity index (χ0v) is 43.2. The Hall–Kier alpha value is -6.81. The summed E-state index contributed by atoms with van der Waals surface area (Å²) in [5, 5.41) is 26.0. The average Bonchev–Trinajstić information content (AvgIpc) is 4.02. The van der Waals surface area contributed by atoms with E-state index in [0.717, 1.165) is 101 Å². The van der Waals surface area contributed by atoms with Crippen LogP contribution in [0.3, 0.4) is 0 Å². The summed E-state index contributed by atoms with van der Waals surface area (Å²) in [5.74, 6) is 3.25. The van der Waals surface area contributed by atoms with E-state index in [2.05, 4.69) is 65.9 Å². The molecule has 16 heteroatoms. The van der Waals surface area contributed by atoms with Gasteiger partial charge in [-0.1, -0.05) is 144 Å². The molecule has 8 rings (SSSR count). The Labute approximate surface area is 439 Å². The molecule has 0 atom stereocenters. The Morgan fingerprint density at radius 1 is 0.575 bits per heavy atom. The molecule has 2 aromatic heterocycles. The standard InChI is InChI=1S/C29H30ClFN4OS.C28H29FN4O2S/c30-25-10-6-9-24(19-25)21-37-29-34-33-27(35(29)18-17-22-7-2-1-3-8-22)11-4-5-12-28(36)32-20-23-13-15-26(31)16-14-23;1-35-25-16-8-6-11-21(25)19-30-27(34)18-10-9-17-26-31-32-28(33(26)23-13-3-2-4-14-23)36-20-22-12-5-7-15-24(22)29/h1-3,6-10,13-16,19H,4-5,11-12,17-18,20-21H2,(H,32,36);2-8,11-16H,9-10,17-20H2,1H3,(H,30,34). The van der Waals surface area contributed by atoms with E-state index in [-0.39, 0.29) is 23.4 Å². The number of methoxy groups -OCH3 is 1. The summed E-state index contributed by atoms with van der Waals surface area (Å²) in [6.07, 6.45) is 6.33. The highest BCUT2D eigenvalue weighted by Crippen LogP contribution is 2.28. The number of ether oxygens (including phenoxy) is 1. The van der Waals surface area contributed by atoms with Gasteiger partial charge in [-0.25, -0.2) is 8.78 Å². The molecule has 73 heavy (non-hydrogen) atoms. The quantitative estimate of drug-likeness (QED) is 0.0425. The predicted molar refractivity (Wildman–Crippen MR) is 287 cm³/mol. The van der Waals surface area contributed by atoms with E-state index >= 15 is 0 Å². The van der Waals surface area contributed by atoms with Gasteiger partial charge in [0.2, 0.25) is 11.8 Å². The van der Waals surface area contributed by atoms with Gasteiger partial charge in [-0.3, -0.25) is 14.2 Å². The highest BCUT2D eigenvalue weighted by atomic mass is 35.5. The number of aromatic nitrogens is 6. The maximum absolute atomic E-state index is 14.1. The third-order valence-corrected chi connectivity index (χ3v) is 14.0. The lowest BCUT2D eigenvalue weighted by Crippen LogP contribution is -2.22. The Morgan fingerprint density at radius 3 is 1.89 bits per heavy atom. The number of carbonyl (C=O) groups excluding carboxylic acids is 2. The van der Waals surface area contributed by atoms with E-state index in [1.54, 1.807) is 43.1 Å². The molecule has 0 fully saturated rings. The van der Waals surface area contributed by atoms with E-state index in [0.29, 0.717) is 48.8 Å². The maximum atomic E-state index is 14.1. The van der Waals surface area contributed by atoms with Crippen LogP contribution in [-0.2, 0) is 60.0 Å². The Morgan fingerprint density at radius 2 is 1.18 bits per heavy atom. The van der Waals surface area contributed by atoms with Gasteiger partial charge >= 0.3 is 0 Å². The van der Waals surface area contributed by atoms with Crippen molar-refractivity contribution in [3.63, 3.8) is 0 Å². The van der Waals surface area contributed by atoms with E-state index in [1.165, 1.54) is 35.5 Å². The zero-order valence-electron chi connectivity index (χ0n) is 40.8. The predicted octanol–water partition coefficient (Wildman–Crippen LogP) is 12.4. The molecule has 2 N–H and O–H groups in total. The van der Waals surface area contributed by atoms with E-state index in [4.69, 9.17) is 16.3 Å². The summed E-state index contributed by atoms with van der Waals surface area (Å²) in [6.45, 7) is 1.64. The minimum Gasteiger partial charge on any atom is -0.496 e. The number of rotatable bonds is 25. The van der Waals surface area contributed by atoms with Crippen molar-refractivity contribution in [1.29, 1.82) is 0 Å². The molecule has 0 spiro atoms. The summed E-state index contributed by atoms with van der Waals surface area (Å²) in [4.78, 5) is 24.6. The number of unbranched alkanes of at least 4 members (excludes halogenated alkanes) is 2. The Balaban J connectivity index is 0.000000214. The molecule has 0 saturated heterocycles. The van der Waals surface area contributed by atoms with Gasteiger partial charge in [0.15, 0.2) is 10.3 Å². The summed E-state index contributed by atoms with van der Waals surface area (Å²) < 4.78 is 36.7. The molecule has 0 aliphatic heterocycles. The smallest absolute Gasteiger partial charge is 0.220 e. The molecule has 378 valence electrons. The molecule has 0 aliphatic carbocycles. The van der Waals surface area contributed by atoms with Crippen LogP contribution in [-0.4, -0.2) is 48.5 Å². The fourth-order valence-electron chi connectivity index (χ4n) is 7.81. The number of halogens is 3. The number of thioether (sulfide) groups is 2. The number of carbonyl (C=O) groups is 2. The normalized spacial score (nSPS) is 10.9. The fourth-order valence-corrected chi connectivity index (χ4v) is 9.90. The van der Waals surface area contributed by atoms with Gasteiger partial charge in [0.25, 0.3) is 0 Å². The number of nitrogens with zero attached hydrogens (tertiary/aromatic N) is 6. The first-order valence-corrected chi connectivity index (χ1v) is 26.7. The second kappa shape index (κ2) is 29.0. The molecule has 0 bridgehead atoms. The van der Waals surface area contributed by atoms with Crippen LogP contribution in [0.5, 0.6) is 5.75 Å². The van der Waals surface area contributed by atoms with Gasteiger partial charge < -0.3 is 19.9 Å². The molecular weight excluding hydrogens is 982 g/mol. The molecular formula is C57H59ClF2N8O3S2. The van der Waals surface area contributed by atoms with Crippen LogP contribution in [0.4, 0.5) is 8.78 Å².